The number of carbonyl (C=O) groups excluding carboxylic acids is 1. The lowest BCUT2D eigenvalue weighted by atomic mass is 10.2. The first-order valence-electron chi connectivity index (χ1n) is 5.77. The molecule has 96 valence electrons. The van der Waals surface area contributed by atoms with Crippen molar-refractivity contribution in [3.8, 4) is 0 Å². The van der Waals surface area contributed by atoms with Crippen LogP contribution in [0.2, 0.25) is 0 Å². The molecule has 0 spiro atoms. The fourth-order valence-electron chi connectivity index (χ4n) is 1.53. The number of thiazole rings is 1. The van der Waals surface area contributed by atoms with E-state index < -0.39 is 0 Å². The summed E-state index contributed by atoms with van der Waals surface area (Å²) >= 11 is 3.47. The number of amides is 1. The van der Waals surface area contributed by atoms with E-state index in [0.717, 1.165) is 28.5 Å². The second-order valence-corrected chi connectivity index (χ2v) is 6.19. The third kappa shape index (κ3) is 3.69. The molecule has 1 aromatic carbocycles. The predicted octanol–water partition coefficient (Wildman–Crippen LogP) is 2.55. The molecular formula is C12H15N3OS2. The molecule has 18 heavy (non-hydrogen) atoms. The average Bonchev–Trinajstić information content (AvgIpc) is 2.80. The topological polar surface area (TPSA) is 68.0 Å². The third-order valence-electron chi connectivity index (χ3n) is 2.46. The average molecular weight is 281 g/mol. The maximum atomic E-state index is 10.9. The Morgan fingerprint density at radius 2 is 2.22 bits per heavy atom. The zero-order valence-electron chi connectivity index (χ0n) is 9.89. The number of benzene rings is 1. The van der Waals surface area contributed by atoms with Crippen LogP contribution in [-0.2, 0) is 4.79 Å². The molecule has 2 aromatic rings. The number of hydrogen-bond acceptors (Lipinski definition) is 5. The Labute approximate surface area is 114 Å². The van der Waals surface area contributed by atoms with Crippen molar-refractivity contribution in [2.75, 3.05) is 5.75 Å². The molecule has 0 saturated carbocycles. The summed E-state index contributed by atoms with van der Waals surface area (Å²) < 4.78 is 2.32. The maximum absolute atomic E-state index is 10.9. The van der Waals surface area contributed by atoms with Crippen molar-refractivity contribution in [1.29, 1.82) is 0 Å². The number of carbonyl (C=O) groups is 1. The van der Waals surface area contributed by atoms with Gasteiger partial charge in [-0.3, -0.25) is 10.2 Å². The van der Waals surface area contributed by atoms with E-state index in [1.54, 1.807) is 23.1 Å². The van der Waals surface area contributed by atoms with Crippen LogP contribution in [0.4, 0.5) is 0 Å². The molecule has 0 aliphatic rings. The molecule has 0 unspecified atom stereocenters. The fourth-order valence-corrected chi connectivity index (χ4v) is 3.67. The molecule has 6 heteroatoms. The molecule has 0 radical (unpaired) electrons. The monoisotopic (exact) mass is 281 g/mol. The van der Waals surface area contributed by atoms with Crippen LogP contribution >= 0.6 is 23.1 Å². The minimum atomic E-state index is -0.0972. The van der Waals surface area contributed by atoms with Gasteiger partial charge in [-0.2, -0.15) is 0 Å². The summed E-state index contributed by atoms with van der Waals surface area (Å²) in [7, 11) is 0. The maximum Gasteiger partial charge on any atom is 0.233 e. The highest BCUT2D eigenvalue weighted by molar-refractivity contribution is 8.01. The van der Waals surface area contributed by atoms with E-state index in [1.807, 2.05) is 18.2 Å². The first-order valence-corrected chi connectivity index (χ1v) is 7.57. The molecule has 0 atom stereocenters. The Morgan fingerprint density at radius 3 is 3.00 bits per heavy atom. The highest BCUT2D eigenvalue weighted by Gasteiger charge is 2.03. The molecule has 0 aliphatic heterocycles. The second kappa shape index (κ2) is 6.72. The van der Waals surface area contributed by atoms with Gasteiger partial charge in [-0.25, -0.2) is 10.8 Å². The lowest BCUT2D eigenvalue weighted by molar-refractivity contribution is -0.121. The molecule has 0 aliphatic carbocycles. The van der Waals surface area contributed by atoms with Crippen LogP contribution in [0, 0.1) is 0 Å². The molecule has 2 rings (SSSR count). The third-order valence-corrected chi connectivity index (χ3v) is 4.72. The Kier molecular flexibility index (Phi) is 4.98. The summed E-state index contributed by atoms with van der Waals surface area (Å²) in [5, 5.41) is 0. The number of hydrogen-bond donors (Lipinski definition) is 2. The smallest absolute Gasteiger partial charge is 0.233 e. The lowest BCUT2D eigenvalue weighted by Crippen LogP contribution is -2.29. The van der Waals surface area contributed by atoms with Gasteiger partial charge in [0, 0.05) is 12.2 Å². The molecule has 0 bridgehead atoms. The SMILES string of the molecule is NNC(=O)CCCCSc1nc2ccccc2s1. The summed E-state index contributed by atoms with van der Waals surface area (Å²) in [6, 6.07) is 8.15. The normalized spacial score (nSPS) is 10.7. The minimum absolute atomic E-state index is 0.0972. The minimum Gasteiger partial charge on any atom is -0.294 e. The van der Waals surface area contributed by atoms with Crippen LogP contribution < -0.4 is 11.3 Å². The standard InChI is InChI=1S/C12H15N3OS2/c13-15-11(16)7-3-4-8-17-12-14-9-5-1-2-6-10(9)18-12/h1-2,5-6H,3-4,7-8,13H2,(H,15,16). The molecule has 0 saturated heterocycles. The molecular weight excluding hydrogens is 266 g/mol. The van der Waals surface area contributed by atoms with Crippen molar-refractivity contribution < 1.29 is 4.79 Å². The number of hydrazine groups is 1. The van der Waals surface area contributed by atoms with Crippen LogP contribution in [0.15, 0.2) is 28.6 Å². The van der Waals surface area contributed by atoms with Crippen LogP contribution in [0.3, 0.4) is 0 Å². The Morgan fingerprint density at radius 1 is 1.39 bits per heavy atom. The van der Waals surface area contributed by atoms with Crippen LogP contribution in [0.25, 0.3) is 10.2 Å². The van der Waals surface area contributed by atoms with Gasteiger partial charge in [0.2, 0.25) is 5.91 Å². The van der Waals surface area contributed by atoms with Gasteiger partial charge in [-0.05, 0) is 25.0 Å². The number of aromatic nitrogens is 1. The van der Waals surface area contributed by atoms with Crippen LogP contribution in [-0.4, -0.2) is 16.6 Å². The summed E-state index contributed by atoms with van der Waals surface area (Å²) in [5.74, 6) is 5.89. The molecule has 1 amide bonds. The number of nitrogens with zero attached hydrogens (tertiary/aromatic N) is 1. The van der Waals surface area contributed by atoms with E-state index in [2.05, 4.69) is 16.5 Å². The van der Waals surface area contributed by atoms with E-state index >= 15 is 0 Å². The summed E-state index contributed by atoms with van der Waals surface area (Å²) in [6.45, 7) is 0. The summed E-state index contributed by atoms with van der Waals surface area (Å²) in [5.41, 5.74) is 3.20. The highest BCUT2D eigenvalue weighted by Crippen LogP contribution is 2.29. The number of nitrogens with two attached hydrogens (primary N) is 1. The van der Waals surface area contributed by atoms with E-state index in [4.69, 9.17) is 5.84 Å². The number of thioether (sulfide) groups is 1. The molecule has 0 fully saturated rings. The van der Waals surface area contributed by atoms with Crippen LogP contribution in [0.5, 0.6) is 0 Å². The summed E-state index contributed by atoms with van der Waals surface area (Å²) in [6.07, 6.45) is 2.35. The molecule has 1 aromatic heterocycles. The molecule has 1 heterocycles. The van der Waals surface area contributed by atoms with E-state index in [9.17, 15) is 4.79 Å². The van der Waals surface area contributed by atoms with Crippen molar-refractivity contribution in [2.45, 2.75) is 23.6 Å². The molecule has 3 N–H and O–H groups in total. The zero-order valence-corrected chi connectivity index (χ0v) is 11.5. The van der Waals surface area contributed by atoms with Gasteiger partial charge in [0.15, 0.2) is 4.34 Å². The van der Waals surface area contributed by atoms with Gasteiger partial charge in [0.25, 0.3) is 0 Å². The number of fused-ring (bicyclic) bond motifs is 1. The van der Waals surface area contributed by atoms with Gasteiger partial charge in [-0.15, -0.1) is 11.3 Å². The largest absolute Gasteiger partial charge is 0.294 e. The first kappa shape index (κ1) is 13.3. The van der Waals surface area contributed by atoms with Gasteiger partial charge in [-0.1, -0.05) is 23.9 Å². The second-order valence-electron chi connectivity index (χ2n) is 3.82. The van der Waals surface area contributed by atoms with Crippen molar-refractivity contribution in [3.63, 3.8) is 0 Å². The number of nitrogens with one attached hydrogen (secondary N) is 1. The van der Waals surface area contributed by atoms with E-state index in [-0.39, 0.29) is 5.91 Å². The van der Waals surface area contributed by atoms with Gasteiger partial charge < -0.3 is 0 Å². The van der Waals surface area contributed by atoms with Crippen LogP contribution in [0.1, 0.15) is 19.3 Å². The lowest BCUT2D eigenvalue weighted by Gasteiger charge is -1.98. The number of rotatable bonds is 6. The van der Waals surface area contributed by atoms with Gasteiger partial charge in [0.1, 0.15) is 0 Å². The van der Waals surface area contributed by atoms with Crippen molar-refractivity contribution in [1.82, 2.24) is 10.4 Å². The van der Waals surface area contributed by atoms with Crippen molar-refractivity contribution in [2.24, 2.45) is 5.84 Å². The Hall–Kier alpha value is -1.11. The Bertz CT molecular complexity index is 494. The fraction of sp³-hybridized carbons (Fsp3) is 0.333. The number of para-hydroxylation sites is 1. The highest BCUT2D eigenvalue weighted by atomic mass is 32.2. The van der Waals surface area contributed by atoms with Gasteiger partial charge >= 0.3 is 0 Å². The Balaban J connectivity index is 1.75. The van der Waals surface area contributed by atoms with Gasteiger partial charge in [0.05, 0.1) is 10.2 Å². The zero-order chi connectivity index (χ0) is 12.8. The van der Waals surface area contributed by atoms with Crippen molar-refractivity contribution in [3.05, 3.63) is 24.3 Å². The van der Waals surface area contributed by atoms with E-state index in [1.165, 1.54) is 4.70 Å². The summed E-state index contributed by atoms with van der Waals surface area (Å²) in [4.78, 5) is 15.5. The number of unbranched alkanes of at least 4 members (excludes halogenated alkanes) is 1. The van der Waals surface area contributed by atoms with Crippen molar-refractivity contribution >= 4 is 39.2 Å². The quantitative estimate of drug-likeness (QED) is 0.281. The first-order chi connectivity index (χ1) is 8.79. The molecule has 4 nitrogen and oxygen atoms in total. The predicted molar refractivity (Wildman–Crippen MR) is 76.5 cm³/mol. The van der Waals surface area contributed by atoms with E-state index in [0.29, 0.717) is 6.42 Å².